The summed E-state index contributed by atoms with van der Waals surface area (Å²) >= 11 is 0. The van der Waals surface area contributed by atoms with Gasteiger partial charge in [0, 0.05) is 32.6 Å². The molecular formula is C28H17NO. The first-order valence-corrected chi connectivity index (χ1v) is 10.2. The summed E-state index contributed by atoms with van der Waals surface area (Å²) in [5.41, 5.74) is 6.60. The molecule has 0 amide bonds. The Morgan fingerprint density at radius 2 is 1.37 bits per heavy atom. The van der Waals surface area contributed by atoms with E-state index in [9.17, 15) is 0 Å². The molecule has 0 spiro atoms. The van der Waals surface area contributed by atoms with E-state index in [4.69, 9.17) is 4.42 Å². The Balaban J connectivity index is 1.57. The van der Waals surface area contributed by atoms with Gasteiger partial charge in [-0.1, -0.05) is 72.8 Å². The molecule has 30 heavy (non-hydrogen) atoms. The number of nitrogens with one attached hydrogen (secondary N) is 1. The molecule has 0 radical (unpaired) electrons. The number of furan rings is 1. The molecule has 0 aliphatic rings. The van der Waals surface area contributed by atoms with Gasteiger partial charge in [0.05, 0.1) is 5.52 Å². The first-order valence-electron chi connectivity index (χ1n) is 10.2. The van der Waals surface area contributed by atoms with Crippen LogP contribution in [0.5, 0.6) is 0 Å². The van der Waals surface area contributed by atoms with Gasteiger partial charge in [-0.25, -0.2) is 0 Å². The second-order valence-corrected chi connectivity index (χ2v) is 7.87. The normalized spacial score (nSPS) is 12.0. The number of H-pyrrole nitrogens is 1. The van der Waals surface area contributed by atoms with Crippen molar-refractivity contribution in [2.75, 3.05) is 0 Å². The van der Waals surface area contributed by atoms with Crippen LogP contribution in [0.15, 0.2) is 101 Å². The quantitative estimate of drug-likeness (QED) is 0.305. The van der Waals surface area contributed by atoms with Gasteiger partial charge in [0.25, 0.3) is 0 Å². The highest BCUT2D eigenvalue weighted by molar-refractivity contribution is 6.20. The lowest BCUT2D eigenvalue weighted by Crippen LogP contribution is -1.81. The molecule has 0 unspecified atom stereocenters. The van der Waals surface area contributed by atoms with E-state index in [1.165, 1.54) is 49.1 Å². The van der Waals surface area contributed by atoms with Crippen LogP contribution in [-0.2, 0) is 0 Å². The fraction of sp³-hybridized carbons (Fsp3) is 0. The number of hydrogen-bond donors (Lipinski definition) is 1. The van der Waals surface area contributed by atoms with E-state index in [0.29, 0.717) is 0 Å². The van der Waals surface area contributed by atoms with Gasteiger partial charge in [-0.15, -0.1) is 0 Å². The molecule has 2 heteroatoms. The van der Waals surface area contributed by atoms with Crippen LogP contribution < -0.4 is 0 Å². The Morgan fingerprint density at radius 1 is 0.567 bits per heavy atom. The predicted molar refractivity (Wildman–Crippen MR) is 126 cm³/mol. The van der Waals surface area contributed by atoms with Crippen LogP contribution in [0.3, 0.4) is 0 Å². The van der Waals surface area contributed by atoms with E-state index < -0.39 is 0 Å². The average molecular weight is 383 g/mol. The molecule has 0 saturated heterocycles. The van der Waals surface area contributed by atoms with Gasteiger partial charge in [-0.3, -0.25) is 0 Å². The Morgan fingerprint density at radius 3 is 2.33 bits per heavy atom. The summed E-state index contributed by atoms with van der Waals surface area (Å²) in [5.74, 6) is 0. The maximum atomic E-state index is 6.18. The molecule has 0 aliphatic carbocycles. The number of fused-ring (bicyclic) bond motifs is 8. The smallest absolute Gasteiger partial charge is 0.136 e. The summed E-state index contributed by atoms with van der Waals surface area (Å²) in [6, 6.07) is 34.3. The van der Waals surface area contributed by atoms with Crippen molar-refractivity contribution in [2.24, 2.45) is 0 Å². The van der Waals surface area contributed by atoms with E-state index in [2.05, 4.69) is 102 Å². The van der Waals surface area contributed by atoms with Gasteiger partial charge in [-0.05, 0) is 40.6 Å². The Bertz CT molecular complexity index is 1750. The van der Waals surface area contributed by atoms with E-state index >= 15 is 0 Å². The third kappa shape index (κ3) is 2.08. The highest BCUT2D eigenvalue weighted by atomic mass is 16.3. The van der Waals surface area contributed by atoms with Crippen molar-refractivity contribution in [2.45, 2.75) is 0 Å². The van der Waals surface area contributed by atoms with Crippen LogP contribution in [0.1, 0.15) is 0 Å². The van der Waals surface area contributed by atoms with Crippen molar-refractivity contribution >= 4 is 54.5 Å². The van der Waals surface area contributed by atoms with Crippen LogP contribution in [-0.4, -0.2) is 4.98 Å². The molecule has 0 bridgehead atoms. The maximum absolute atomic E-state index is 6.18. The van der Waals surface area contributed by atoms with Gasteiger partial charge in [0.15, 0.2) is 0 Å². The molecule has 0 aliphatic heterocycles. The lowest BCUT2D eigenvalue weighted by molar-refractivity contribution is 0.669. The summed E-state index contributed by atoms with van der Waals surface area (Å²) < 4.78 is 6.18. The van der Waals surface area contributed by atoms with E-state index in [0.717, 1.165) is 16.6 Å². The lowest BCUT2D eigenvalue weighted by Gasteiger charge is -2.05. The number of para-hydroxylation sites is 2. The molecule has 1 N–H and O–H groups in total. The number of aromatic nitrogens is 1. The van der Waals surface area contributed by atoms with Crippen molar-refractivity contribution in [3.05, 3.63) is 97.1 Å². The lowest BCUT2D eigenvalue weighted by atomic mass is 9.98. The topological polar surface area (TPSA) is 28.9 Å². The predicted octanol–water partition coefficient (Wildman–Crippen LogP) is 8.04. The van der Waals surface area contributed by atoms with Gasteiger partial charge in [0.2, 0.25) is 0 Å². The standard InChI is InChI=1S/C28H17NO/c1-2-7-19-17(6-1)12-15-26-27(19)23-16-18(13-14-25(23)30-26)20-9-5-10-22-21-8-3-4-11-24(21)29-28(20)22/h1-16,29H. The molecule has 0 saturated carbocycles. The van der Waals surface area contributed by atoms with E-state index in [1.54, 1.807) is 0 Å². The molecule has 2 nitrogen and oxygen atoms in total. The summed E-state index contributed by atoms with van der Waals surface area (Å²) in [4.78, 5) is 3.63. The minimum atomic E-state index is 0.925. The van der Waals surface area contributed by atoms with E-state index in [1.807, 2.05) is 0 Å². The SMILES string of the molecule is c1ccc2c(c1)ccc1oc3ccc(-c4cccc5c4[nH]c4ccccc45)cc3c12. The van der Waals surface area contributed by atoms with Crippen molar-refractivity contribution < 1.29 is 4.42 Å². The fourth-order valence-electron chi connectivity index (χ4n) is 4.83. The summed E-state index contributed by atoms with van der Waals surface area (Å²) in [5, 5.41) is 7.33. The van der Waals surface area contributed by atoms with Crippen LogP contribution in [0.25, 0.3) is 65.6 Å². The van der Waals surface area contributed by atoms with Gasteiger partial charge >= 0.3 is 0 Å². The van der Waals surface area contributed by atoms with Crippen LogP contribution in [0, 0.1) is 0 Å². The highest BCUT2D eigenvalue weighted by Gasteiger charge is 2.14. The molecule has 140 valence electrons. The third-order valence-electron chi connectivity index (χ3n) is 6.21. The first-order chi connectivity index (χ1) is 14.9. The second kappa shape index (κ2) is 5.74. The maximum Gasteiger partial charge on any atom is 0.136 e. The zero-order chi connectivity index (χ0) is 19.7. The third-order valence-corrected chi connectivity index (χ3v) is 6.21. The monoisotopic (exact) mass is 383 g/mol. The summed E-state index contributed by atoms with van der Waals surface area (Å²) in [7, 11) is 0. The molecule has 7 aromatic rings. The minimum Gasteiger partial charge on any atom is -0.456 e. The first kappa shape index (κ1) is 15.8. The van der Waals surface area contributed by atoms with Gasteiger partial charge < -0.3 is 9.40 Å². The molecule has 2 heterocycles. The molecular weight excluding hydrogens is 366 g/mol. The Labute approximate surface area is 172 Å². The van der Waals surface area contributed by atoms with Crippen molar-refractivity contribution in [1.29, 1.82) is 0 Å². The van der Waals surface area contributed by atoms with Crippen molar-refractivity contribution in [3.63, 3.8) is 0 Å². The molecule has 5 aromatic carbocycles. The number of benzene rings is 5. The Kier molecular flexibility index (Phi) is 3.03. The Hall–Kier alpha value is -4.04. The van der Waals surface area contributed by atoms with Crippen LogP contribution in [0.2, 0.25) is 0 Å². The zero-order valence-electron chi connectivity index (χ0n) is 16.1. The largest absolute Gasteiger partial charge is 0.456 e. The van der Waals surface area contributed by atoms with Crippen LogP contribution in [0.4, 0.5) is 0 Å². The highest BCUT2D eigenvalue weighted by Crippen LogP contribution is 2.38. The second-order valence-electron chi connectivity index (χ2n) is 7.87. The number of hydrogen-bond acceptors (Lipinski definition) is 1. The number of aromatic amines is 1. The fourth-order valence-corrected chi connectivity index (χ4v) is 4.83. The van der Waals surface area contributed by atoms with Gasteiger partial charge in [-0.2, -0.15) is 0 Å². The summed E-state index contributed by atoms with van der Waals surface area (Å²) in [6.07, 6.45) is 0. The summed E-state index contributed by atoms with van der Waals surface area (Å²) in [6.45, 7) is 0. The molecule has 7 rings (SSSR count). The molecule has 2 aromatic heterocycles. The molecule has 0 fully saturated rings. The van der Waals surface area contributed by atoms with Crippen LogP contribution >= 0.6 is 0 Å². The zero-order valence-corrected chi connectivity index (χ0v) is 16.1. The van der Waals surface area contributed by atoms with E-state index in [-0.39, 0.29) is 0 Å². The molecule has 0 atom stereocenters. The minimum absolute atomic E-state index is 0.925. The average Bonchev–Trinajstić information content (AvgIpc) is 3.37. The number of rotatable bonds is 1. The van der Waals surface area contributed by atoms with Crippen molar-refractivity contribution in [1.82, 2.24) is 4.98 Å². The van der Waals surface area contributed by atoms with Gasteiger partial charge in [0.1, 0.15) is 11.2 Å². The van der Waals surface area contributed by atoms with Crippen molar-refractivity contribution in [3.8, 4) is 11.1 Å².